The second-order valence-electron chi connectivity index (χ2n) is 6.20. The number of nitro benzene ring substituents is 1. The van der Waals surface area contributed by atoms with E-state index in [0.29, 0.717) is 12.0 Å². The van der Waals surface area contributed by atoms with Crippen LogP contribution in [0.3, 0.4) is 0 Å². The summed E-state index contributed by atoms with van der Waals surface area (Å²) < 4.78 is 5.08. The van der Waals surface area contributed by atoms with Crippen molar-refractivity contribution in [3.63, 3.8) is 0 Å². The maximum atomic E-state index is 12.9. The molecular weight excluding hydrogens is 338 g/mol. The van der Waals surface area contributed by atoms with Gasteiger partial charge in [-0.1, -0.05) is 42.5 Å². The maximum absolute atomic E-state index is 12.9. The standard InChI is InChI=1S/C19H18N2O5/c1-13(15-7-9-16(10-8-15)21(24)25)18(22)20-17(12-26-19(20)23)11-14-5-3-2-4-6-14/h2-10,13,17H,11-12H2,1H3/t13-,17-/m1/s1/i1+2. The van der Waals surface area contributed by atoms with Gasteiger partial charge in [-0.2, -0.15) is 0 Å². The van der Waals surface area contributed by atoms with Crippen LogP contribution in [0.15, 0.2) is 54.6 Å². The lowest BCUT2D eigenvalue weighted by atomic mass is 10.0. The van der Waals surface area contributed by atoms with E-state index in [2.05, 4.69) is 0 Å². The molecule has 2 atom stereocenters. The Bertz CT molecular complexity index is 820. The molecule has 2 amide bonds. The first-order valence-corrected chi connectivity index (χ1v) is 8.25. The van der Waals surface area contributed by atoms with Crippen molar-refractivity contribution >= 4 is 17.7 Å². The van der Waals surface area contributed by atoms with Crippen molar-refractivity contribution in [2.75, 3.05) is 6.61 Å². The Morgan fingerprint density at radius 1 is 1.23 bits per heavy atom. The molecule has 0 bridgehead atoms. The summed E-state index contributed by atoms with van der Waals surface area (Å²) in [6.45, 7) is 1.83. The van der Waals surface area contributed by atoms with Gasteiger partial charge in [0.15, 0.2) is 0 Å². The van der Waals surface area contributed by atoms with Crippen LogP contribution in [0, 0.1) is 10.1 Å². The van der Waals surface area contributed by atoms with Crippen molar-refractivity contribution in [1.82, 2.24) is 4.90 Å². The molecule has 0 saturated carbocycles. The quantitative estimate of drug-likeness (QED) is 0.606. The summed E-state index contributed by atoms with van der Waals surface area (Å²) in [6, 6.07) is 15.0. The van der Waals surface area contributed by atoms with Crippen molar-refractivity contribution < 1.29 is 19.2 Å². The summed E-state index contributed by atoms with van der Waals surface area (Å²) in [6.07, 6.45) is -0.129. The molecule has 2 aromatic rings. The van der Waals surface area contributed by atoms with E-state index in [0.717, 1.165) is 5.56 Å². The molecule has 7 heteroatoms. The Kier molecular flexibility index (Phi) is 4.97. The lowest BCUT2D eigenvalue weighted by Gasteiger charge is -2.23. The number of nitrogens with zero attached hydrogens (tertiary/aromatic N) is 2. The molecule has 1 aliphatic rings. The molecular formula is C19H18N2O5. The van der Waals surface area contributed by atoms with Crippen LogP contribution in [-0.2, 0) is 16.0 Å². The van der Waals surface area contributed by atoms with Gasteiger partial charge in [0, 0.05) is 12.1 Å². The van der Waals surface area contributed by atoms with Crippen molar-refractivity contribution in [2.45, 2.75) is 25.3 Å². The zero-order valence-corrected chi connectivity index (χ0v) is 14.2. The number of non-ortho nitro benzene ring substituents is 1. The summed E-state index contributed by atoms with van der Waals surface area (Å²) in [7, 11) is 0. The van der Waals surface area contributed by atoms with Crippen LogP contribution in [0.25, 0.3) is 0 Å². The molecule has 0 N–H and O–H groups in total. The number of hydrogen-bond acceptors (Lipinski definition) is 5. The Morgan fingerprint density at radius 3 is 2.50 bits per heavy atom. The van der Waals surface area contributed by atoms with Gasteiger partial charge in [0.25, 0.3) is 5.69 Å². The fourth-order valence-electron chi connectivity index (χ4n) is 3.00. The summed E-state index contributed by atoms with van der Waals surface area (Å²) in [4.78, 5) is 36.4. The summed E-state index contributed by atoms with van der Waals surface area (Å²) in [5.74, 6) is -0.984. The number of cyclic esters (lactones) is 1. The predicted molar refractivity (Wildman–Crippen MR) is 93.6 cm³/mol. The van der Waals surface area contributed by atoms with Crippen molar-refractivity contribution in [3.8, 4) is 0 Å². The zero-order valence-electron chi connectivity index (χ0n) is 14.2. The highest BCUT2D eigenvalue weighted by Gasteiger charge is 2.40. The molecule has 1 fully saturated rings. The monoisotopic (exact) mass is 356 g/mol. The fraction of sp³-hybridized carbons (Fsp3) is 0.263. The van der Waals surface area contributed by atoms with E-state index in [1.807, 2.05) is 30.3 Å². The van der Waals surface area contributed by atoms with E-state index in [-0.39, 0.29) is 24.2 Å². The van der Waals surface area contributed by atoms with Gasteiger partial charge in [-0.25, -0.2) is 9.69 Å². The van der Waals surface area contributed by atoms with Crippen molar-refractivity contribution in [3.05, 3.63) is 75.8 Å². The topological polar surface area (TPSA) is 89.8 Å². The highest BCUT2D eigenvalue weighted by molar-refractivity contribution is 5.97. The first kappa shape index (κ1) is 17.6. The van der Waals surface area contributed by atoms with E-state index >= 15 is 0 Å². The highest BCUT2D eigenvalue weighted by atomic mass is 16.6. The van der Waals surface area contributed by atoms with Gasteiger partial charge in [-0.05, 0) is 24.5 Å². The third kappa shape index (κ3) is 3.56. The number of rotatable bonds is 5. The molecule has 7 nitrogen and oxygen atoms in total. The number of amides is 2. The van der Waals surface area contributed by atoms with Gasteiger partial charge in [0.1, 0.15) is 6.61 Å². The van der Waals surface area contributed by atoms with Crippen LogP contribution in [0.5, 0.6) is 0 Å². The van der Waals surface area contributed by atoms with E-state index in [4.69, 9.17) is 4.74 Å². The molecule has 0 radical (unpaired) electrons. The Labute approximate surface area is 150 Å². The third-order valence-corrected chi connectivity index (χ3v) is 4.49. The smallest absolute Gasteiger partial charge is 0.417 e. The van der Waals surface area contributed by atoms with Crippen LogP contribution in [0.2, 0.25) is 0 Å². The second-order valence-corrected chi connectivity index (χ2v) is 6.20. The molecule has 0 aromatic heterocycles. The summed E-state index contributed by atoms with van der Waals surface area (Å²) >= 11 is 0. The first-order chi connectivity index (χ1) is 12.5. The van der Waals surface area contributed by atoms with E-state index in [1.165, 1.54) is 29.2 Å². The Morgan fingerprint density at radius 2 is 1.88 bits per heavy atom. The number of benzene rings is 2. The SMILES string of the molecule is [14CH3][C@@H](C(=O)N1C(=O)OC[C@H]1Cc1ccccc1)c1ccc([N+](=O)[O-])cc1. The molecule has 26 heavy (non-hydrogen) atoms. The van der Waals surface area contributed by atoms with E-state index in [1.54, 1.807) is 6.92 Å². The number of hydrogen-bond donors (Lipinski definition) is 0. The molecule has 0 unspecified atom stereocenters. The van der Waals surface area contributed by atoms with Crippen LogP contribution < -0.4 is 0 Å². The summed E-state index contributed by atoms with van der Waals surface area (Å²) in [5.41, 5.74) is 1.58. The van der Waals surface area contributed by atoms with Crippen LogP contribution in [0.1, 0.15) is 24.0 Å². The minimum absolute atomic E-state index is 0.0454. The van der Waals surface area contributed by atoms with Crippen LogP contribution in [-0.4, -0.2) is 34.5 Å². The Balaban J connectivity index is 1.77. The largest absolute Gasteiger partial charge is 0.447 e. The van der Waals surface area contributed by atoms with Crippen LogP contribution in [0.4, 0.5) is 10.5 Å². The fourth-order valence-corrected chi connectivity index (χ4v) is 3.00. The average molecular weight is 356 g/mol. The van der Waals surface area contributed by atoms with E-state index in [9.17, 15) is 19.7 Å². The highest BCUT2D eigenvalue weighted by Crippen LogP contribution is 2.26. The third-order valence-electron chi connectivity index (χ3n) is 4.49. The van der Waals surface area contributed by atoms with Crippen molar-refractivity contribution in [1.29, 1.82) is 0 Å². The molecule has 0 aliphatic carbocycles. The first-order valence-electron chi connectivity index (χ1n) is 8.25. The number of ether oxygens (including phenoxy) is 1. The van der Waals surface area contributed by atoms with Gasteiger partial charge >= 0.3 is 6.09 Å². The van der Waals surface area contributed by atoms with Gasteiger partial charge < -0.3 is 4.74 Å². The molecule has 1 heterocycles. The number of nitro groups is 1. The molecule has 0 spiro atoms. The van der Waals surface area contributed by atoms with Gasteiger partial charge in [0.05, 0.1) is 16.9 Å². The van der Waals surface area contributed by atoms with Gasteiger partial charge in [0.2, 0.25) is 5.91 Å². The Hall–Kier alpha value is -3.22. The number of carbonyl (C=O) groups is 2. The zero-order chi connectivity index (χ0) is 18.7. The molecule has 3 rings (SSSR count). The molecule has 134 valence electrons. The maximum Gasteiger partial charge on any atom is 0.417 e. The minimum atomic E-state index is -0.648. The molecule has 2 aromatic carbocycles. The van der Waals surface area contributed by atoms with Crippen LogP contribution >= 0.6 is 0 Å². The van der Waals surface area contributed by atoms with Gasteiger partial charge in [-0.3, -0.25) is 14.9 Å². The van der Waals surface area contributed by atoms with E-state index < -0.39 is 16.9 Å². The van der Waals surface area contributed by atoms with Crippen molar-refractivity contribution in [2.24, 2.45) is 0 Å². The lowest BCUT2D eigenvalue weighted by molar-refractivity contribution is -0.384. The normalized spacial score (nSPS) is 17.7. The lowest BCUT2D eigenvalue weighted by Crippen LogP contribution is -2.42. The second kappa shape index (κ2) is 7.35. The summed E-state index contributed by atoms with van der Waals surface area (Å²) in [5, 5.41) is 10.8. The number of imide groups is 1. The average Bonchev–Trinajstić information content (AvgIpc) is 3.01. The minimum Gasteiger partial charge on any atom is -0.447 e. The predicted octanol–water partition coefficient (Wildman–Crippen LogP) is 3.29. The molecule has 1 aliphatic heterocycles. The molecule has 1 saturated heterocycles. The van der Waals surface area contributed by atoms with Gasteiger partial charge in [-0.15, -0.1) is 0 Å². The number of carbonyl (C=O) groups excluding carboxylic acids is 2.